The molecule has 1 rings (SSSR count). The molecule has 0 aliphatic carbocycles. The molecule has 0 aromatic heterocycles. The Morgan fingerprint density at radius 3 is 2.69 bits per heavy atom. The van der Waals surface area contributed by atoms with E-state index in [1.54, 1.807) is 13.0 Å². The molecule has 1 N–H and O–H groups in total. The number of hydrogen-bond acceptors (Lipinski definition) is 3. The topological polar surface area (TPSA) is 63.4 Å². The Labute approximate surface area is 79.9 Å². The van der Waals surface area contributed by atoms with E-state index in [1.807, 2.05) is 0 Å². The highest BCUT2D eigenvalue weighted by Gasteiger charge is 2.15. The molecule has 0 saturated heterocycles. The van der Waals surface area contributed by atoms with Crippen LogP contribution in [0.5, 0.6) is 0 Å². The number of nitro benzene ring substituents is 1. The maximum absolute atomic E-state index is 10.5. The Morgan fingerprint density at radius 1 is 1.62 bits per heavy atom. The van der Waals surface area contributed by atoms with Gasteiger partial charge in [0.15, 0.2) is 0 Å². The van der Waals surface area contributed by atoms with Crippen molar-refractivity contribution in [1.82, 2.24) is 0 Å². The number of aryl methyl sites for hydroxylation is 1. The standard InChI is InChI=1S/C8H8ClNO3/c1-5-2-6(9)3-8(10(12)13)7(5)4-11/h2-3,11H,4H2,1H3. The fourth-order valence-corrected chi connectivity index (χ4v) is 1.39. The van der Waals surface area contributed by atoms with Crippen molar-refractivity contribution in [1.29, 1.82) is 0 Å². The van der Waals surface area contributed by atoms with E-state index < -0.39 is 4.92 Å². The third kappa shape index (κ3) is 1.96. The summed E-state index contributed by atoms with van der Waals surface area (Å²) in [6.45, 7) is 1.32. The van der Waals surface area contributed by atoms with E-state index in [9.17, 15) is 10.1 Å². The lowest BCUT2D eigenvalue weighted by Crippen LogP contribution is -1.98. The van der Waals surface area contributed by atoms with E-state index in [1.165, 1.54) is 6.07 Å². The highest BCUT2D eigenvalue weighted by molar-refractivity contribution is 6.30. The van der Waals surface area contributed by atoms with Crippen LogP contribution in [-0.2, 0) is 6.61 Å². The van der Waals surface area contributed by atoms with E-state index in [4.69, 9.17) is 16.7 Å². The van der Waals surface area contributed by atoms with Gasteiger partial charge in [0, 0.05) is 11.1 Å². The maximum Gasteiger partial charge on any atom is 0.276 e. The number of nitrogens with zero attached hydrogens (tertiary/aromatic N) is 1. The summed E-state index contributed by atoms with van der Waals surface area (Å²) < 4.78 is 0. The second-order valence-electron chi connectivity index (χ2n) is 2.64. The molecule has 0 unspecified atom stereocenters. The van der Waals surface area contributed by atoms with Crippen molar-refractivity contribution >= 4 is 17.3 Å². The first-order chi connectivity index (χ1) is 6.06. The van der Waals surface area contributed by atoms with Gasteiger partial charge in [-0.3, -0.25) is 10.1 Å². The molecule has 0 fully saturated rings. The number of rotatable bonds is 2. The number of aliphatic hydroxyl groups is 1. The van der Waals surface area contributed by atoms with Gasteiger partial charge in [0.25, 0.3) is 5.69 Å². The minimum Gasteiger partial charge on any atom is -0.391 e. The Kier molecular flexibility index (Phi) is 2.85. The molecule has 1 aromatic carbocycles. The Bertz CT molecular complexity index is 351. The molecule has 0 aliphatic heterocycles. The van der Waals surface area contributed by atoms with Crippen LogP contribution in [0, 0.1) is 17.0 Å². The predicted molar refractivity (Wildman–Crippen MR) is 48.8 cm³/mol. The number of benzene rings is 1. The predicted octanol–water partition coefficient (Wildman–Crippen LogP) is 2.05. The van der Waals surface area contributed by atoms with Gasteiger partial charge in [0.1, 0.15) is 0 Å². The van der Waals surface area contributed by atoms with Crippen LogP contribution >= 0.6 is 11.6 Å². The monoisotopic (exact) mass is 201 g/mol. The molecular formula is C8H8ClNO3. The average molecular weight is 202 g/mol. The molecule has 0 radical (unpaired) electrons. The normalized spacial score (nSPS) is 10.1. The molecule has 13 heavy (non-hydrogen) atoms. The first-order valence-corrected chi connectivity index (χ1v) is 3.98. The lowest BCUT2D eigenvalue weighted by Gasteiger charge is -2.03. The van der Waals surface area contributed by atoms with E-state index in [0.29, 0.717) is 16.1 Å². The third-order valence-corrected chi connectivity index (χ3v) is 1.99. The lowest BCUT2D eigenvalue weighted by atomic mass is 10.1. The molecule has 70 valence electrons. The molecule has 0 spiro atoms. The smallest absolute Gasteiger partial charge is 0.276 e. The first kappa shape index (κ1) is 9.95. The van der Waals surface area contributed by atoms with Crippen molar-refractivity contribution < 1.29 is 10.0 Å². The summed E-state index contributed by atoms with van der Waals surface area (Å²) in [5.74, 6) is 0. The Morgan fingerprint density at radius 2 is 2.23 bits per heavy atom. The fourth-order valence-electron chi connectivity index (χ4n) is 1.12. The number of halogens is 1. The van der Waals surface area contributed by atoms with Crippen molar-refractivity contribution in [3.05, 3.63) is 38.4 Å². The first-order valence-electron chi connectivity index (χ1n) is 3.60. The quantitative estimate of drug-likeness (QED) is 0.588. The molecule has 0 bridgehead atoms. The molecule has 0 aliphatic rings. The van der Waals surface area contributed by atoms with Crippen LogP contribution in [0.1, 0.15) is 11.1 Å². The Hall–Kier alpha value is -1.13. The van der Waals surface area contributed by atoms with Crippen molar-refractivity contribution in [2.45, 2.75) is 13.5 Å². The molecule has 0 saturated carbocycles. The van der Waals surface area contributed by atoms with Gasteiger partial charge in [-0.25, -0.2) is 0 Å². The van der Waals surface area contributed by atoms with Crippen LogP contribution in [0.2, 0.25) is 5.02 Å². The van der Waals surface area contributed by atoms with Gasteiger partial charge in [-0.15, -0.1) is 0 Å². The molecule has 4 nitrogen and oxygen atoms in total. The zero-order valence-electron chi connectivity index (χ0n) is 6.95. The summed E-state index contributed by atoms with van der Waals surface area (Å²) in [6.07, 6.45) is 0. The van der Waals surface area contributed by atoms with E-state index in [2.05, 4.69) is 0 Å². The van der Waals surface area contributed by atoms with Crippen LogP contribution in [0.15, 0.2) is 12.1 Å². The molecule has 0 atom stereocenters. The zero-order valence-corrected chi connectivity index (χ0v) is 7.71. The van der Waals surface area contributed by atoms with Crippen molar-refractivity contribution in [2.75, 3.05) is 0 Å². The largest absolute Gasteiger partial charge is 0.391 e. The zero-order chi connectivity index (χ0) is 10.0. The highest BCUT2D eigenvalue weighted by atomic mass is 35.5. The van der Waals surface area contributed by atoms with E-state index in [0.717, 1.165) is 0 Å². The van der Waals surface area contributed by atoms with Crippen LogP contribution in [0.3, 0.4) is 0 Å². The van der Waals surface area contributed by atoms with Gasteiger partial charge in [-0.1, -0.05) is 11.6 Å². The van der Waals surface area contributed by atoms with Crippen LogP contribution in [0.4, 0.5) is 5.69 Å². The van der Waals surface area contributed by atoms with Gasteiger partial charge in [-0.2, -0.15) is 0 Å². The summed E-state index contributed by atoms with van der Waals surface area (Å²) in [5.41, 5.74) is 0.809. The highest BCUT2D eigenvalue weighted by Crippen LogP contribution is 2.26. The summed E-state index contributed by atoms with van der Waals surface area (Å²) in [6, 6.07) is 2.82. The van der Waals surface area contributed by atoms with Crippen molar-refractivity contribution in [3.8, 4) is 0 Å². The fraction of sp³-hybridized carbons (Fsp3) is 0.250. The molecule has 0 heterocycles. The third-order valence-electron chi connectivity index (χ3n) is 1.77. The summed E-state index contributed by atoms with van der Waals surface area (Å²) in [5, 5.41) is 19.7. The average Bonchev–Trinajstić information content (AvgIpc) is 2.02. The van der Waals surface area contributed by atoms with Gasteiger partial charge >= 0.3 is 0 Å². The van der Waals surface area contributed by atoms with Gasteiger partial charge in [-0.05, 0) is 18.6 Å². The number of hydrogen-bond donors (Lipinski definition) is 1. The van der Waals surface area contributed by atoms with Crippen molar-refractivity contribution in [2.24, 2.45) is 0 Å². The summed E-state index contributed by atoms with van der Waals surface area (Å²) >= 11 is 5.64. The number of aliphatic hydroxyl groups excluding tert-OH is 1. The van der Waals surface area contributed by atoms with E-state index >= 15 is 0 Å². The Balaban J connectivity index is 3.38. The minimum absolute atomic E-state index is 0.132. The second kappa shape index (κ2) is 3.72. The molecule has 1 aromatic rings. The maximum atomic E-state index is 10.5. The lowest BCUT2D eigenvalue weighted by molar-refractivity contribution is -0.385. The van der Waals surface area contributed by atoms with Crippen molar-refractivity contribution in [3.63, 3.8) is 0 Å². The van der Waals surface area contributed by atoms with Crippen LogP contribution in [-0.4, -0.2) is 10.0 Å². The molecule has 5 heteroatoms. The molecule has 0 amide bonds. The SMILES string of the molecule is Cc1cc(Cl)cc([N+](=O)[O-])c1CO. The van der Waals surface area contributed by atoms with Crippen LogP contribution < -0.4 is 0 Å². The molecular weight excluding hydrogens is 194 g/mol. The van der Waals surface area contributed by atoms with Gasteiger partial charge < -0.3 is 5.11 Å². The minimum atomic E-state index is -0.551. The van der Waals surface area contributed by atoms with Crippen LogP contribution in [0.25, 0.3) is 0 Å². The van der Waals surface area contributed by atoms with Gasteiger partial charge in [0.05, 0.1) is 17.1 Å². The summed E-state index contributed by atoms with van der Waals surface area (Å²) in [7, 11) is 0. The number of nitro groups is 1. The van der Waals surface area contributed by atoms with E-state index in [-0.39, 0.29) is 12.3 Å². The second-order valence-corrected chi connectivity index (χ2v) is 3.07. The van der Waals surface area contributed by atoms with Gasteiger partial charge in [0.2, 0.25) is 0 Å². The summed E-state index contributed by atoms with van der Waals surface area (Å²) in [4.78, 5) is 9.97.